The summed E-state index contributed by atoms with van der Waals surface area (Å²) >= 11 is 0. The number of carbonyl (C=O) groups excluding carboxylic acids is 1. The summed E-state index contributed by atoms with van der Waals surface area (Å²) in [5.41, 5.74) is -0.0235. The molecule has 1 aliphatic rings. The zero-order valence-electron chi connectivity index (χ0n) is 11.5. The van der Waals surface area contributed by atoms with Crippen molar-refractivity contribution in [3.05, 3.63) is 29.6 Å². The van der Waals surface area contributed by atoms with Crippen molar-refractivity contribution < 1.29 is 13.9 Å². The lowest BCUT2D eigenvalue weighted by molar-refractivity contribution is 0.0474. The van der Waals surface area contributed by atoms with Gasteiger partial charge in [-0.2, -0.15) is 0 Å². The minimum absolute atomic E-state index is 0.192. The second kappa shape index (κ2) is 5.17. The predicted molar refractivity (Wildman–Crippen MR) is 70.9 cm³/mol. The number of benzene rings is 1. The second-order valence-corrected chi connectivity index (χ2v) is 5.29. The number of piperazine rings is 1. The smallest absolute Gasteiger partial charge is 0.258 e. The molecule has 1 heterocycles. The Bertz CT molecular complexity index is 488. The van der Waals surface area contributed by atoms with Crippen molar-refractivity contribution in [1.82, 2.24) is 10.2 Å². The van der Waals surface area contributed by atoms with E-state index in [4.69, 9.17) is 4.74 Å². The van der Waals surface area contributed by atoms with Crippen LogP contribution in [0.4, 0.5) is 4.39 Å². The fourth-order valence-electron chi connectivity index (χ4n) is 2.35. The Balaban J connectivity index is 2.35. The molecule has 0 saturated carbocycles. The third kappa shape index (κ3) is 2.71. The maximum absolute atomic E-state index is 13.4. The van der Waals surface area contributed by atoms with Crippen LogP contribution in [0.1, 0.15) is 24.2 Å². The fourth-order valence-corrected chi connectivity index (χ4v) is 2.35. The van der Waals surface area contributed by atoms with Crippen molar-refractivity contribution in [3.63, 3.8) is 0 Å². The Kier molecular flexibility index (Phi) is 3.75. The zero-order valence-corrected chi connectivity index (χ0v) is 11.5. The number of nitrogens with one attached hydrogen (secondary N) is 1. The number of nitrogens with zero attached hydrogens (tertiary/aromatic N) is 1. The highest BCUT2D eigenvalue weighted by Crippen LogP contribution is 2.25. The van der Waals surface area contributed by atoms with Gasteiger partial charge in [0.15, 0.2) is 0 Å². The Morgan fingerprint density at radius 2 is 2.21 bits per heavy atom. The summed E-state index contributed by atoms with van der Waals surface area (Å²) in [7, 11) is 1.48. The van der Waals surface area contributed by atoms with E-state index in [1.54, 1.807) is 4.90 Å². The standard InChI is InChI=1S/C14H19FN2O2/c1-14(2)9-16-6-7-17(14)13(18)11-8-10(15)4-5-12(11)19-3/h4-5,8,16H,6-7,9H2,1-3H3. The van der Waals surface area contributed by atoms with Crippen LogP contribution in [0.3, 0.4) is 0 Å². The van der Waals surface area contributed by atoms with Gasteiger partial charge in [0.05, 0.1) is 18.2 Å². The van der Waals surface area contributed by atoms with Crippen molar-refractivity contribution in [2.75, 3.05) is 26.7 Å². The lowest BCUT2D eigenvalue weighted by Crippen LogP contribution is -2.59. The topological polar surface area (TPSA) is 41.6 Å². The van der Waals surface area contributed by atoms with Gasteiger partial charge in [-0.15, -0.1) is 0 Å². The summed E-state index contributed by atoms with van der Waals surface area (Å²) in [6, 6.07) is 4.01. The minimum atomic E-state index is -0.433. The summed E-state index contributed by atoms with van der Waals surface area (Å²) in [4.78, 5) is 14.4. The van der Waals surface area contributed by atoms with Crippen molar-refractivity contribution >= 4 is 5.91 Å². The summed E-state index contributed by atoms with van der Waals surface area (Å²) in [6.45, 7) is 6.04. The molecule has 1 saturated heterocycles. The first kappa shape index (κ1) is 13.8. The Labute approximate surface area is 112 Å². The molecule has 104 valence electrons. The highest BCUT2D eigenvalue weighted by Gasteiger charge is 2.34. The highest BCUT2D eigenvalue weighted by molar-refractivity contribution is 5.97. The van der Waals surface area contributed by atoms with Crippen LogP contribution in [0, 0.1) is 5.82 Å². The molecule has 19 heavy (non-hydrogen) atoms. The molecule has 1 fully saturated rings. The number of ether oxygens (including phenoxy) is 1. The maximum Gasteiger partial charge on any atom is 0.258 e. The average Bonchev–Trinajstić information content (AvgIpc) is 2.37. The zero-order chi connectivity index (χ0) is 14.0. The molecular formula is C14H19FN2O2. The van der Waals surface area contributed by atoms with Crippen molar-refractivity contribution in [2.24, 2.45) is 0 Å². The second-order valence-electron chi connectivity index (χ2n) is 5.29. The van der Waals surface area contributed by atoms with E-state index in [9.17, 15) is 9.18 Å². The van der Waals surface area contributed by atoms with Gasteiger partial charge in [0, 0.05) is 19.6 Å². The number of carbonyl (C=O) groups is 1. The summed E-state index contributed by atoms with van der Waals surface area (Å²) in [6.07, 6.45) is 0. The van der Waals surface area contributed by atoms with E-state index in [-0.39, 0.29) is 17.0 Å². The van der Waals surface area contributed by atoms with Gasteiger partial charge in [-0.05, 0) is 32.0 Å². The lowest BCUT2D eigenvalue weighted by atomic mass is 9.98. The Morgan fingerprint density at radius 1 is 1.47 bits per heavy atom. The van der Waals surface area contributed by atoms with Gasteiger partial charge in [0.1, 0.15) is 11.6 Å². The molecule has 4 nitrogen and oxygen atoms in total. The molecule has 0 aliphatic carbocycles. The molecule has 0 radical (unpaired) electrons. The monoisotopic (exact) mass is 266 g/mol. The van der Waals surface area contributed by atoms with Crippen molar-refractivity contribution in [1.29, 1.82) is 0 Å². The molecule has 0 spiro atoms. The van der Waals surface area contributed by atoms with Crippen LogP contribution < -0.4 is 10.1 Å². The number of rotatable bonds is 2. The Hall–Kier alpha value is -1.62. The minimum Gasteiger partial charge on any atom is -0.496 e. The van der Waals surface area contributed by atoms with Crippen LogP contribution in [0.2, 0.25) is 0 Å². The maximum atomic E-state index is 13.4. The first-order valence-corrected chi connectivity index (χ1v) is 6.32. The predicted octanol–water partition coefficient (Wildman–Crippen LogP) is 1.66. The molecule has 0 aromatic heterocycles. The molecule has 0 unspecified atom stereocenters. The summed E-state index contributed by atoms with van der Waals surface area (Å²) in [5.74, 6) is -0.222. The molecular weight excluding hydrogens is 247 g/mol. The third-order valence-corrected chi connectivity index (χ3v) is 3.44. The van der Waals surface area contributed by atoms with Gasteiger partial charge >= 0.3 is 0 Å². The number of hydrogen-bond acceptors (Lipinski definition) is 3. The van der Waals surface area contributed by atoms with Gasteiger partial charge in [-0.3, -0.25) is 4.79 Å². The molecule has 1 N–H and O–H groups in total. The van der Waals surface area contributed by atoms with Crippen molar-refractivity contribution in [2.45, 2.75) is 19.4 Å². The summed E-state index contributed by atoms with van der Waals surface area (Å²) < 4.78 is 18.5. The highest BCUT2D eigenvalue weighted by atomic mass is 19.1. The molecule has 1 aromatic carbocycles. The molecule has 5 heteroatoms. The van der Waals surface area contributed by atoms with Crippen molar-refractivity contribution in [3.8, 4) is 5.75 Å². The molecule has 1 aromatic rings. The number of amides is 1. The Morgan fingerprint density at radius 3 is 2.84 bits per heavy atom. The van der Waals surface area contributed by atoms with Gasteiger partial charge in [-0.25, -0.2) is 4.39 Å². The van der Waals surface area contributed by atoms with Crippen LogP contribution in [-0.4, -0.2) is 43.1 Å². The number of halogens is 1. The quantitative estimate of drug-likeness (QED) is 0.885. The van der Waals surface area contributed by atoms with Gasteiger partial charge < -0.3 is 15.0 Å². The lowest BCUT2D eigenvalue weighted by Gasteiger charge is -2.43. The fraction of sp³-hybridized carbons (Fsp3) is 0.500. The van der Waals surface area contributed by atoms with E-state index in [0.29, 0.717) is 12.3 Å². The third-order valence-electron chi connectivity index (χ3n) is 3.44. The number of hydrogen-bond donors (Lipinski definition) is 1. The normalized spacial score (nSPS) is 18.2. The molecule has 0 bridgehead atoms. The number of methoxy groups -OCH3 is 1. The van der Waals surface area contributed by atoms with Crippen LogP contribution in [-0.2, 0) is 0 Å². The molecule has 1 amide bonds. The molecule has 0 atom stereocenters. The van der Waals surface area contributed by atoms with E-state index in [1.165, 1.54) is 25.3 Å². The first-order valence-electron chi connectivity index (χ1n) is 6.32. The van der Waals surface area contributed by atoms with E-state index in [0.717, 1.165) is 13.1 Å². The summed E-state index contributed by atoms with van der Waals surface area (Å²) in [5, 5.41) is 3.25. The largest absolute Gasteiger partial charge is 0.496 e. The van der Waals surface area contributed by atoms with Crippen LogP contribution in [0.25, 0.3) is 0 Å². The molecule has 2 rings (SSSR count). The van der Waals surface area contributed by atoms with Gasteiger partial charge in [-0.1, -0.05) is 0 Å². The van der Waals surface area contributed by atoms with E-state index in [2.05, 4.69) is 5.32 Å². The van der Waals surface area contributed by atoms with Crippen LogP contribution in [0.15, 0.2) is 18.2 Å². The van der Waals surface area contributed by atoms with E-state index < -0.39 is 5.82 Å². The van der Waals surface area contributed by atoms with Gasteiger partial charge in [0.2, 0.25) is 0 Å². The van der Waals surface area contributed by atoms with Crippen LogP contribution >= 0.6 is 0 Å². The average molecular weight is 266 g/mol. The van der Waals surface area contributed by atoms with E-state index in [1.807, 2.05) is 13.8 Å². The SMILES string of the molecule is COc1ccc(F)cc1C(=O)N1CCNCC1(C)C. The van der Waals surface area contributed by atoms with Gasteiger partial charge in [0.25, 0.3) is 5.91 Å². The van der Waals surface area contributed by atoms with Crippen LogP contribution in [0.5, 0.6) is 5.75 Å². The first-order chi connectivity index (χ1) is 8.95. The van der Waals surface area contributed by atoms with E-state index >= 15 is 0 Å². The molecule has 1 aliphatic heterocycles.